The van der Waals surface area contributed by atoms with Crippen molar-refractivity contribution in [3.05, 3.63) is 100 Å². The van der Waals surface area contributed by atoms with Crippen molar-refractivity contribution in [3.63, 3.8) is 0 Å². The largest absolute Gasteiger partial charge is 0.508 e. The molecule has 0 radical (unpaired) electrons. The molecule has 2 heterocycles. The quantitative estimate of drug-likeness (QED) is 0.189. The third-order valence-electron chi connectivity index (χ3n) is 10.1. The fourth-order valence-corrected chi connectivity index (χ4v) is 8.15. The molecular weight excluding hydrogens is 578 g/mol. The van der Waals surface area contributed by atoms with Gasteiger partial charge >= 0.3 is 0 Å². The number of benzene rings is 3. The summed E-state index contributed by atoms with van der Waals surface area (Å²) < 4.78 is 5.68. The first-order chi connectivity index (χ1) is 21.6. The lowest BCUT2D eigenvalue weighted by atomic mass is 9.51. The molecular formula is C34H29N3O8. The summed E-state index contributed by atoms with van der Waals surface area (Å²) in [5, 5.41) is 22.7. The van der Waals surface area contributed by atoms with Crippen LogP contribution in [0.4, 0.5) is 17.1 Å². The van der Waals surface area contributed by atoms with Gasteiger partial charge in [-0.15, -0.1) is 0 Å². The molecule has 7 rings (SSSR count). The molecule has 4 amide bonds. The number of amides is 4. The molecule has 2 saturated heterocycles. The first kappa shape index (κ1) is 28.5. The number of rotatable bonds is 5. The van der Waals surface area contributed by atoms with Gasteiger partial charge in [-0.25, -0.2) is 9.80 Å². The van der Waals surface area contributed by atoms with Gasteiger partial charge in [-0.2, -0.15) is 0 Å². The maximum absolute atomic E-state index is 14.5. The highest BCUT2D eigenvalue weighted by Gasteiger charge is 2.68. The topological polar surface area (TPSA) is 147 Å². The summed E-state index contributed by atoms with van der Waals surface area (Å²) in [5.41, 5.74) is -0.0437. The van der Waals surface area contributed by atoms with Gasteiger partial charge in [0.05, 0.1) is 46.6 Å². The summed E-state index contributed by atoms with van der Waals surface area (Å²) in [6.07, 6.45) is 2.19. The third-order valence-corrected chi connectivity index (χ3v) is 10.1. The number of para-hydroxylation sites is 1. The molecule has 6 atom stereocenters. The van der Waals surface area contributed by atoms with Crippen LogP contribution in [0, 0.1) is 39.2 Å². The Morgan fingerprint density at radius 2 is 1.60 bits per heavy atom. The standard InChI is InChI=1S/C34H29N3O8/c1-34-24(31(40)36(33(34)42)18-8-4-3-5-9-18)17-23-21(29(34)28-25(38)12-7-13-26(28)45-2)14-15-22-27(23)32(41)35(30(22)39)19-10-6-11-20(16-19)37(43)44/h3-14,16,22-24,27,29,38H,15,17H2,1-2H3/t22-,23+,24-,27-,29+,34+/m0/s1. The lowest BCUT2D eigenvalue weighted by Crippen LogP contribution is -2.49. The van der Waals surface area contributed by atoms with Crippen molar-refractivity contribution in [1.29, 1.82) is 0 Å². The van der Waals surface area contributed by atoms with Gasteiger partial charge in [0.15, 0.2) is 0 Å². The molecule has 2 aliphatic heterocycles. The van der Waals surface area contributed by atoms with Gasteiger partial charge in [0.1, 0.15) is 11.5 Å². The van der Waals surface area contributed by atoms with E-state index in [-0.39, 0.29) is 30.0 Å². The van der Waals surface area contributed by atoms with E-state index in [1.165, 1.54) is 42.3 Å². The molecule has 0 spiro atoms. The van der Waals surface area contributed by atoms with E-state index >= 15 is 0 Å². The molecule has 3 fully saturated rings. The first-order valence-electron chi connectivity index (χ1n) is 14.7. The lowest BCUT2D eigenvalue weighted by molar-refractivity contribution is -0.384. The second kappa shape index (κ2) is 10.1. The number of aromatic hydroxyl groups is 1. The predicted octanol–water partition coefficient (Wildman–Crippen LogP) is 4.74. The average Bonchev–Trinajstić information content (AvgIpc) is 3.41. The van der Waals surface area contributed by atoms with Crippen LogP contribution in [0.1, 0.15) is 31.2 Å². The van der Waals surface area contributed by atoms with E-state index < -0.39 is 63.6 Å². The number of carbonyl (C=O) groups excluding carboxylic acids is 4. The predicted molar refractivity (Wildman–Crippen MR) is 161 cm³/mol. The van der Waals surface area contributed by atoms with Crippen LogP contribution in [-0.4, -0.2) is 40.8 Å². The number of carbonyl (C=O) groups is 4. The maximum atomic E-state index is 14.5. The molecule has 0 unspecified atom stereocenters. The van der Waals surface area contributed by atoms with E-state index in [1.54, 1.807) is 49.4 Å². The fraction of sp³-hybridized carbons (Fsp3) is 0.294. The average molecular weight is 608 g/mol. The monoisotopic (exact) mass is 607 g/mol. The molecule has 0 aromatic heterocycles. The number of allylic oxidation sites excluding steroid dienone is 2. The molecule has 3 aromatic rings. The Hall–Kier alpha value is -5.32. The molecule has 11 nitrogen and oxygen atoms in total. The molecule has 11 heteroatoms. The van der Waals surface area contributed by atoms with Crippen LogP contribution >= 0.6 is 0 Å². The van der Waals surface area contributed by atoms with Crippen molar-refractivity contribution >= 4 is 40.7 Å². The molecule has 2 aliphatic carbocycles. The highest BCUT2D eigenvalue weighted by molar-refractivity contribution is 6.25. The number of nitro benzene ring substituents is 1. The number of anilines is 2. The van der Waals surface area contributed by atoms with E-state index in [4.69, 9.17) is 4.74 Å². The van der Waals surface area contributed by atoms with Gasteiger partial charge in [0.2, 0.25) is 23.6 Å². The number of nitrogens with zero attached hydrogens (tertiary/aromatic N) is 3. The second-order valence-corrected chi connectivity index (χ2v) is 12.2. The van der Waals surface area contributed by atoms with Crippen molar-refractivity contribution in [1.82, 2.24) is 0 Å². The molecule has 0 bridgehead atoms. The summed E-state index contributed by atoms with van der Waals surface area (Å²) in [5.74, 6) is -5.57. The van der Waals surface area contributed by atoms with E-state index in [1.807, 2.05) is 6.08 Å². The summed E-state index contributed by atoms with van der Waals surface area (Å²) in [6.45, 7) is 1.73. The number of hydrogen-bond donors (Lipinski definition) is 1. The van der Waals surface area contributed by atoms with Crippen LogP contribution < -0.4 is 14.5 Å². The Morgan fingerprint density at radius 1 is 0.889 bits per heavy atom. The van der Waals surface area contributed by atoms with Gasteiger partial charge in [-0.05, 0) is 56.0 Å². The molecule has 4 aliphatic rings. The highest BCUT2D eigenvalue weighted by atomic mass is 16.6. The van der Waals surface area contributed by atoms with E-state index in [0.29, 0.717) is 22.6 Å². The number of methoxy groups -OCH3 is 1. The minimum absolute atomic E-state index is 0.108. The Balaban J connectivity index is 1.39. The summed E-state index contributed by atoms with van der Waals surface area (Å²) >= 11 is 0. The Morgan fingerprint density at radius 3 is 2.31 bits per heavy atom. The van der Waals surface area contributed by atoms with Crippen LogP contribution in [0.15, 0.2) is 84.4 Å². The zero-order chi connectivity index (χ0) is 31.8. The van der Waals surface area contributed by atoms with Crippen molar-refractivity contribution in [3.8, 4) is 11.5 Å². The third kappa shape index (κ3) is 3.89. The summed E-state index contributed by atoms with van der Waals surface area (Å²) in [7, 11) is 1.46. The van der Waals surface area contributed by atoms with Crippen LogP contribution in [0.2, 0.25) is 0 Å². The van der Waals surface area contributed by atoms with Crippen molar-refractivity contribution < 1.29 is 33.9 Å². The molecule has 1 N–H and O–H groups in total. The molecule has 1 saturated carbocycles. The van der Waals surface area contributed by atoms with E-state index in [0.717, 1.165) is 4.90 Å². The Kier molecular flexibility index (Phi) is 6.40. The minimum atomic E-state index is -1.35. The number of hydrogen-bond acceptors (Lipinski definition) is 8. The van der Waals surface area contributed by atoms with Gasteiger partial charge in [0, 0.05) is 23.6 Å². The Bertz CT molecular complexity index is 1840. The second-order valence-electron chi connectivity index (χ2n) is 12.2. The van der Waals surface area contributed by atoms with Gasteiger partial charge < -0.3 is 9.84 Å². The minimum Gasteiger partial charge on any atom is -0.508 e. The number of phenols is 1. The number of nitro groups is 1. The number of ether oxygens (including phenoxy) is 1. The van der Waals surface area contributed by atoms with Crippen molar-refractivity contribution in [2.75, 3.05) is 16.9 Å². The maximum Gasteiger partial charge on any atom is 0.271 e. The number of imide groups is 2. The lowest BCUT2D eigenvalue weighted by Gasteiger charge is -2.49. The number of fused-ring (bicyclic) bond motifs is 4. The smallest absolute Gasteiger partial charge is 0.271 e. The number of phenolic OH excluding ortho intramolecular Hbond substituents is 1. The summed E-state index contributed by atoms with van der Waals surface area (Å²) in [6, 6.07) is 18.8. The zero-order valence-corrected chi connectivity index (χ0v) is 24.5. The normalized spacial score (nSPS) is 28.8. The van der Waals surface area contributed by atoms with Crippen LogP contribution in [0.25, 0.3) is 0 Å². The molecule has 3 aromatic carbocycles. The van der Waals surface area contributed by atoms with Gasteiger partial charge in [-0.1, -0.05) is 42.0 Å². The SMILES string of the molecule is COc1cccc(O)c1[C@H]1C2=CC[C@@H]3C(=O)N(c4cccc([N+](=O)[O-])c4)C(=O)[C@@H]3[C@@H]2C[C@H]2C(=O)N(c3ccccc3)C(=O)[C@@]12C. The zero-order valence-electron chi connectivity index (χ0n) is 24.5. The van der Waals surface area contributed by atoms with Crippen LogP contribution in [0.5, 0.6) is 11.5 Å². The van der Waals surface area contributed by atoms with Crippen LogP contribution in [0.3, 0.4) is 0 Å². The fourth-order valence-electron chi connectivity index (χ4n) is 8.15. The van der Waals surface area contributed by atoms with Gasteiger partial charge in [-0.3, -0.25) is 29.3 Å². The van der Waals surface area contributed by atoms with Gasteiger partial charge in [0.25, 0.3) is 5.69 Å². The van der Waals surface area contributed by atoms with Crippen LogP contribution in [-0.2, 0) is 19.2 Å². The molecule has 45 heavy (non-hydrogen) atoms. The summed E-state index contributed by atoms with van der Waals surface area (Å²) in [4.78, 5) is 69.8. The highest BCUT2D eigenvalue weighted by Crippen LogP contribution is 2.65. The van der Waals surface area contributed by atoms with E-state index in [9.17, 15) is 34.4 Å². The van der Waals surface area contributed by atoms with Crippen molar-refractivity contribution in [2.45, 2.75) is 25.7 Å². The van der Waals surface area contributed by atoms with Crippen molar-refractivity contribution in [2.24, 2.45) is 29.1 Å². The molecule has 228 valence electrons. The van der Waals surface area contributed by atoms with E-state index in [2.05, 4.69) is 0 Å². The number of non-ortho nitro benzene ring substituents is 1. The Labute approximate surface area is 257 Å². The first-order valence-corrected chi connectivity index (χ1v) is 14.7.